The van der Waals surface area contributed by atoms with Crippen molar-refractivity contribution in [1.29, 1.82) is 0 Å². The fourth-order valence-electron chi connectivity index (χ4n) is 1.83. The van der Waals surface area contributed by atoms with E-state index in [2.05, 4.69) is 17.1 Å². The second kappa shape index (κ2) is 13.2. The molecular formula is C13H30N2O3. The largest absolute Gasteiger partial charge is 0.383 e. The average Bonchev–Trinajstić information content (AvgIpc) is 2.38. The van der Waals surface area contributed by atoms with Crippen molar-refractivity contribution in [3.05, 3.63) is 0 Å². The van der Waals surface area contributed by atoms with E-state index in [0.29, 0.717) is 6.04 Å². The number of rotatable bonds is 13. The molecule has 0 saturated heterocycles. The standard InChI is InChI=1S/C13H30N2O3/c1-5-6-14-11-13(12-18-4)15(7-9-16-2)8-10-17-3/h13-14H,5-12H2,1-4H3. The lowest BCUT2D eigenvalue weighted by Crippen LogP contribution is -2.47. The van der Waals surface area contributed by atoms with E-state index in [9.17, 15) is 0 Å². The topological polar surface area (TPSA) is 43.0 Å². The lowest BCUT2D eigenvalue weighted by Gasteiger charge is -2.31. The number of nitrogens with one attached hydrogen (secondary N) is 1. The van der Waals surface area contributed by atoms with Gasteiger partial charge in [0, 0.05) is 47.0 Å². The van der Waals surface area contributed by atoms with Crippen molar-refractivity contribution in [2.24, 2.45) is 0 Å². The van der Waals surface area contributed by atoms with Crippen LogP contribution in [0.5, 0.6) is 0 Å². The molecule has 5 nitrogen and oxygen atoms in total. The summed E-state index contributed by atoms with van der Waals surface area (Å²) in [6.45, 7) is 8.16. The molecule has 0 aliphatic rings. The van der Waals surface area contributed by atoms with E-state index in [0.717, 1.165) is 52.4 Å². The number of ether oxygens (including phenoxy) is 3. The van der Waals surface area contributed by atoms with E-state index in [1.807, 2.05) is 0 Å². The second-order valence-electron chi connectivity index (χ2n) is 4.33. The minimum absolute atomic E-state index is 0.367. The number of nitrogens with zero attached hydrogens (tertiary/aromatic N) is 1. The van der Waals surface area contributed by atoms with Crippen LogP contribution in [0.15, 0.2) is 0 Å². The summed E-state index contributed by atoms with van der Waals surface area (Å²) in [6.07, 6.45) is 1.15. The Bertz CT molecular complexity index is 162. The highest BCUT2D eigenvalue weighted by atomic mass is 16.5. The Labute approximate surface area is 112 Å². The molecule has 0 aliphatic carbocycles. The van der Waals surface area contributed by atoms with Crippen molar-refractivity contribution in [3.8, 4) is 0 Å². The van der Waals surface area contributed by atoms with Crippen LogP contribution in [0.25, 0.3) is 0 Å². The van der Waals surface area contributed by atoms with Crippen LogP contribution < -0.4 is 5.32 Å². The van der Waals surface area contributed by atoms with Crippen molar-refractivity contribution in [1.82, 2.24) is 10.2 Å². The molecular weight excluding hydrogens is 232 g/mol. The molecule has 1 atom stereocenters. The first kappa shape index (κ1) is 17.8. The molecule has 0 bridgehead atoms. The first-order valence-corrected chi connectivity index (χ1v) is 6.71. The Morgan fingerprint density at radius 3 is 2.06 bits per heavy atom. The zero-order valence-corrected chi connectivity index (χ0v) is 12.4. The average molecular weight is 262 g/mol. The second-order valence-corrected chi connectivity index (χ2v) is 4.33. The molecule has 0 saturated carbocycles. The smallest absolute Gasteiger partial charge is 0.0630 e. The maximum atomic E-state index is 5.31. The Morgan fingerprint density at radius 1 is 1.00 bits per heavy atom. The third kappa shape index (κ3) is 8.83. The van der Waals surface area contributed by atoms with Crippen LogP contribution in [0.3, 0.4) is 0 Å². The van der Waals surface area contributed by atoms with Gasteiger partial charge in [0.1, 0.15) is 0 Å². The molecule has 0 rings (SSSR count). The minimum Gasteiger partial charge on any atom is -0.383 e. The molecule has 0 aromatic rings. The van der Waals surface area contributed by atoms with E-state index in [1.54, 1.807) is 21.3 Å². The van der Waals surface area contributed by atoms with E-state index < -0.39 is 0 Å². The van der Waals surface area contributed by atoms with Crippen LogP contribution in [0, 0.1) is 0 Å². The summed E-state index contributed by atoms with van der Waals surface area (Å²) >= 11 is 0. The van der Waals surface area contributed by atoms with Crippen molar-refractivity contribution in [2.45, 2.75) is 19.4 Å². The summed E-state index contributed by atoms with van der Waals surface area (Å²) < 4.78 is 15.6. The van der Waals surface area contributed by atoms with E-state index in [4.69, 9.17) is 14.2 Å². The van der Waals surface area contributed by atoms with Gasteiger partial charge in [0.25, 0.3) is 0 Å². The van der Waals surface area contributed by atoms with Gasteiger partial charge in [0.15, 0.2) is 0 Å². The Hall–Kier alpha value is -0.200. The van der Waals surface area contributed by atoms with Gasteiger partial charge in [-0.1, -0.05) is 6.92 Å². The zero-order chi connectivity index (χ0) is 13.6. The molecule has 1 unspecified atom stereocenters. The summed E-state index contributed by atoms with van der Waals surface area (Å²) in [5.74, 6) is 0. The van der Waals surface area contributed by atoms with Crippen molar-refractivity contribution >= 4 is 0 Å². The lowest BCUT2D eigenvalue weighted by molar-refractivity contribution is 0.0490. The van der Waals surface area contributed by atoms with Crippen LogP contribution in [0.1, 0.15) is 13.3 Å². The summed E-state index contributed by atoms with van der Waals surface area (Å²) in [7, 11) is 5.21. The molecule has 0 fully saturated rings. The van der Waals surface area contributed by atoms with Gasteiger partial charge in [-0.25, -0.2) is 0 Å². The van der Waals surface area contributed by atoms with Crippen molar-refractivity contribution in [2.75, 3.05) is 67.3 Å². The van der Waals surface area contributed by atoms with Gasteiger partial charge in [-0.15, -0.1) is 0 Å². The Kier molecular flexibility index (Phi) is 13.1. The van der Waals surface area contributed by atoms with E-state index >= 15 is 0 Å². The molecule has 0 spiro atoms. The maximum Gasteiger partial charge on any atom is 0.0630 e. The first-order valence-electron chi connectivity index (χ1n) is 6.71. The van der Waals surface area contributed by atoms with Gasteiger partial charge < -0.3 is 19.5 Å². The third-order valence-electron chi connectivity index (χ3n) is 2.85. The predicted molar refractivity (Wildman–Crippen MR) is 74.1 cm³/mol. The molecule has 0 aromatic carbocycles. The van der Waals surface area contributed by atoms with Gasteiger partial charge in [-0.3, -0.25) is 4.90 Å². The summed E-state index contributed by atoms with van der Waals surface area (Å²) in [4.78, 5) is 2.36. The number of methoxy groups -OCH3 is 3. The highest BCUT2D eigenvalue weighted by Gasteiger charge is 2.17. The molecule has 0 aliphatic heterocycles. The van der Waals surface area contributed by atoms with Gasteiger partial charge in [-0.2, -0.15) is 0 Å². The van der Waals surface area contributed by atoms with Crippen molar-refractivity contribution in [3.63, 3.8) is 0 Å². The van der Waals surface area contributed by atoms with Crippen LogP contribution in [0.2, 0.25) is 0 Å². The van der Waals surface area contributed by atoms with E-state index in [-0.39, 0.29) is 0 Å². The first-order chi connectivity index (χ1) is 8.79. The normalized spacial score (nSPS) is 13.2. The molecule has 0 aromatic heterocycles. The molecule has 5 heteroatoms. The Balaban J connectivity index is 4.21. The quantitative estimate of drug-likeness (QED) is 0.492. The van der Waals surface area contributed by atoms with Crippen LogP contribution in [0.4, 0.5) is 0 Å². The van der Waals surface area contributed by atoms with E-state index in [1.165, 1.54) is 0 Å². The third-order valence-corrected chi connectivity index (χ3v) is 2.85. The van der Waals surface area contributed by atoms with Gasteiger partial charge >= 0.3 is 0 Å². The Morgan fingerprint density at radius 2 is 1.61 bits per heavy atom. The molecule has 1 N–H and O–H groups in total. The van der Waals surface area contributed by atoms with Crippen LogP contribution in [-0.4, -0.2) is 78.3 Å². The SMILES string of the molecule is CCCNCC(COC)N(CCOC)CCOC. The van der Waals surface area contributed by atoms with Crippen molar-refractivity contribution < 1.29 is 14.2 Å². The highest BCUT2D eigenvalue weighted by molar-refractivity contribution is 4.74. The van der Waals surface area contributed by atoms with Crippen LogP contribution in [-0.2, 0) is 14.2 Å². The minimum atomic E-state index is 0.367. The zero-order valence-electron chi connectivity index (χ0n) is 12.4. The highest BCUT2D eigenvalue weighted by Crippen LogP contribution is 2.00. The fourth-order valence-corrected chi connectivity index (χ4v) is 1.83. The predicted octanol–water partition coefficient (Wildman–Crippen LogP) is 0.596. The number of hydrogen-bond acceptors (Lipinski definition) is 5. The lowest BCUT2D eigenvalue weighted by atomic mass is 10.2. The molecule has 0 radical (unpaired) electrons. The number of hydrogen-bond donors (Lipinski definition) is 1. The summed E-state index contributed by atoms with van der Waals surface area (Å²) in [5, 5.41) is 3.45. The summed E-state index contributed by atoms with van der Waals surface area (Å²) in [6, 6.07) is 0.367. The van der Waals surface area contributed by atoms with Gasteiger partial charge in [0.2, 0.25) is 0 Å². The monoisotopic (exact) mass is 262 g/mol. The molecule has 18 heavy (non-hydrogen) atoms. The van der Waals surface area contributed by atoms with Crippen LogP contribution >= 0.6 is 0 Å². The van der Waals surface area contributed by atoms with Gasteiger partial charge in [-0.05, 0) is 13.0 Å². The van der Waals surface area contributed by atoms with Gasteiger partial charge in [0.05, 0.1) is 19.8 Å². The molecule has 110 valence electrons. The fraction of sp³-hybridized carbons (Fsp3) is 1.00. The maximum absolute atomic E-state index is 5.31. The summed E-state index contributed by atoms with van der Waals surface area (Å²) in [5.41, 5.74) is 0. The molecule has 0 heterocycles. The molecule has 0 amide bonds.